The molecule has 0 nitrogen and oxygen atoms in total. The van der Waals surface area contributed by atoms with Gasteiger partial charge in [-0.3, -0.25) is 0 Å². The SMILES string of the molecule is Fc1ccc(C#CCCCl)cc1Cl. The van der Waals surface area contributed by atoms with E-state index in [1.54, 1.807) is 6.07 Å². The number of alkyl halides is 1. The molecule has 0 aliphatic rings. The van der Waals surface area contributed by atoms with Crippen LogP contribution in [0.15, 0.2) is 18.2 Å². The summed E-state index contributed by atoms with van der Waals surface area (Å²) in [7, 11) is 0. The molecule has 0 heterocycles. The van der Waals surface area contributed by atoms with Crippen molar-refractivity contribution in [1.29, 1.82) is 0 Å². The third-order valence-electron chi connectivity index (χ3n) is 1.37. The predicted octanol–water partition coefficient (Wildman–Crippen LogP) is 3.46. The van der Waals surface area contributed by atoms with Crippen molar-refractivity contribution in [3.63, 3.8) is 0 Å². The average molecular weight is 217 g/mol. The van der Waals surface area contributed by atoms with Crippen molar-refractivity contribution in [2.75, 3.05) is 5.88 Å². The standard InChI is InChI=1S/C10H7Cl2F/c11-6-2-1-3-8-4-5-10(13)9(12)7-8/h4-5,7H,2,6H2. The highest BCUT2D eigenvalue weighted by Gasteiger charge is 1.97. The molecular formula is C10H7Cl2F. The molecule has 68 valence electrons. The Hall–Kier alpha value is -0.710. The van der Waals surface area contributed by atoms with E-state index in [-0.39, 0.29) is 5.02 Å². The fourth-order valence-electron chi connectivity index (χ4n) is 0.786. The largest absolute Gasteiger partial charge is 0.205 e. The van der Waals surface area contributed by atoms with Crippen molar-refractivity contribution < 1.29 is 4.39 Å². The van der Waals surface area contributed by atoms with Gasteiger partial charge in [-0.2, -0.15) is 0 Å². The fraction of sp³-hybridized carbons (Fsp3) is 0.200. The van der Waals surface area contributed by atoms with Gasteiger partial charge in [-0.1, -0.05) is 23.4 Å². The van der Waals surface area contributed by atoms with Gasteiger partial charge < -0.3 is 0 Å². The van der Waals surface area contributed by atoms with E-state index in [1.807, 2.05) is 0 Å². The molecule has 0 unspecified atom stereocenters. The van der Waals surface area contributed by atoms with Crippen molar-refractivity contribution in [2.24, 2.45) is 0 Å². The van der Waals surface area contributed by atoms with Gasteiger partial charge in [0.1, 0.15) is 5.82 Å². The minimum absolute atomic E-state index is 0.0951. The molecule has 0 bridgehead atoms. The fourth-order valence-corrected chi connectivity index (χ4v) is 1.06. The molecule has 0 aliphatic carbocycles. The molecule has 0 atom stereocenters. The van der Waals surface area contributed by atoms with E-state index >= 15 is 0 Å². The topological polar surface area (TPSA) is 0 Å². The van der Waals surface area contributed by atoms with Gasteiger partial charge >= 0.3 is 0 Å². The number of halogens is 3. The van der Waals surface area contributed by atoms with Crippen LogP contribution in [0.4, 0.5) is 4.39 Å². The second-order valence-corrected chi connectivity index (χ2v) is 3.15. The highest BCUT2D eigenvalue weighted by molar-refractivity contribution is 6.30. The van der Waals surface area contributed by atoms with E-state index in [4.69, 9.17) is 23.2 Å². The van der Waals surface area contributed by atoms with Crippen molar-refractivity contribution in [3.05, 3.63) is 34.6 Å². The van der Waals surface area contributed by atoms with Gasteiger partial charge in [0.2, 0.25) is 0 Å². The lowest BCUT2D eigenvalue weighted by atomic mass is 10.2. The van der Waals surface area contributed by atoms with Gasteiger partial charge in [-0.15, -0.1) is 11.6 Å². The van der Waals surface area contributed by atoms with Crippen LogP contribution in [0.25, 0.3) is 0 Å². The van der Waals surface area contributed by atoms with Crippen LogP contribution < -0.4 is 0 Å². The molecule has 0 aromatic heterocycles. The summed E-state index contributed by atoms with van der Waals surface area (Å²) in [4.78, 5) is 0. The molecule has 0 saturated heterocycles. The molecule has 0 spiro atoms. The number of benzene rings is 1. The Morgan fingerprint density at radius 3 is 2.77 bits per heavy atom. The summed E-state index contributed by atoms with van der Waals surface area (Å²) >= 11 is 11.0. The third-order valence-corrected chi connectivity index (χ3v) is 1.85. The van der Waals surface area contributed by atoms with Crippen LogP contribution >= 0.6 is 23.2 Å². The van der Waals surface area contributed by atoms with Crippen molar-refractivity contribution in [2.45, 2.75) is 6.42 Å². The van der Waals surface area contributed by atoms with Crippen LogP contribution in [-0.4, -0.2) is 5.88 Å². The van der Waals surface area contributed by atoms with Crippen molar-refractivity contribution >= 4 is 23.2 Å². The van der Waals surface area contributed by atoms with Crippen LogP contribution in [0.5, 0.6) is 0 Å². The molecule has 0 saturated carbocycles. The van der Waals surface area contributed by atoms with Crippen molar-refractivity contribution in [3.8, 4) is 11.8 Å². The lowest BCUT2D eigenvalue weighted by Crippen LogP contribution is -1.79. The maximum atomic E-state index is 12.7. The minimum Gasteiger partial charge on any atom is -0.205 e. The van der Waals surface area contributed by atoms with Crippen LogP contribution in [0.2, 0.25) is 5.02 Å². The smallest absolute Gasteiger partial charge is 0.141 e. The first kappa shape index (κ1) is 10.4. The van der Waals surface area contributed by atoms with Gasteiger partial charge in [0.05, 0.1) is 5.02 Å². The van der Waals surface area contributed by atoms with Crippen LogP contribution in [0.3, 0.4) is 0 Å². The lowest BCUT2D eigenvalue weighted by Gasteiger charge is -1.93. The summed E-state index contributed by atoms with van der Waals surface area (Å²) in [5, 5.41) is 0.0951. The van der Waals surface area contributed by atoms with Gasteiger partial charge in [-0.05, 0) is 18.2 Å². The maximum Gasteiger partial charge on any atom is 0.141 e. The normalized spacial score (nSPS) is 9.15. The molecule has 1 rings (SSSR count). The molecule has 0 radical (unpaired) electrons. The molecular weight excluding hydrogens is 210 g/mol. The predicted molar refractivity (Wildman–Crippen MR) is 53.6 cm³/mol. The number of rotatable bonds is 1. The van der Waals surface area contributed by atoms with E-state index in [1.165, 1.54) is 12.1 Å². The Morgan fingerprint density at radius 2 is 2.15 bits per heavy atom. The molecule has 1 aromatic carbocycles. The Morgan fingerprint density at radius 1 is 1.38 bits per heavy atom. The summed E-state index contributed by atoms with van der Waals surface area (Å²) in [5.41, 5.74) is 0.705. The van der Waals surface area contributed by atoms with Gasteiger partial charge in [0.25, 0.3) is 0 Å². The second kappa shape index (κ2) is 5.11. The molecule has 3 heteroatoms. The minimum atomic E-state index is -0.426. The van der Waals surface area contributed by atoms with E-state index in [0.717, 1.165) is 0 Å². The first-order valence-electron chi connectivity index (χ1n) is 3.74. The Balaban J connectivity index is 2.81. The molecule has 0 amide bonds. The molecule has 13 heavy (non-hydrogen) atoms. The molecule has 0 N–H and O–H groups in total. The number of hydrogen-bond acceptors (Lipinski definition) is 0. The quantitative estimate of drug-likeness (QED) is 0.499. The average Bonchev–Trinajstić information content (AvgIpc) is 2.12. The van der Waals surface area contributed by atoms with E-state index in [2.05, 4.69) is 11.8 Å². The molecule has 0 fully saturated rings. The second-order valence-electron chi connectivity index (χ2n) is 2.37. The van der Waals surface area contributed by atoms with E-state index in [0.29, 0.717) is 17.9 Å². The zero-order valence-corrected chi connectivity index (χ0v) is 8.29. The zero-order valence-electron chi connectivity index (χ0n) is 6.78. The third kappa shape index (κ3) is 3.26. The van der Waals surface area contributed by atoms with Crippen LogP contribution in [-0.2, 0) is 0 Å². The summed E-state index contributed by atoms with van der Waals surface area (Å²) in [6.45, 7) is 0. The van der Waals surface area contributed by atoms with Crippen molar-refractivity contribution in [1.82, 2.24) is 0 Å². The zero-order chi connectivity index (χ0) is 9.68. The first-order chi connectivity index (χ1) is 6.24. The first-order valence-corrected chi connectivity index (χ1v) is 4.65. The van der Waals surface area contributed by atoms with E-state index < -0.39 is 5.82 Å². The van der Waals surface area contributed by atoms with Gasteiger partial charge in [-0.25, -0.2) is 4.39 Å². The van der Waals surface area contributed by atoms with Gasteiger partial charge in [0.15, 0.2) is 0 Å². The highest BCUT2D eigenvalue weighted by atomic mass is 35.5. The molecule has 1 aromatic rings. The summed E-state index contributed by atoms with van der Waals surface area (Å²) in [6.07, 6.45) is 0.622. The molecule has 0 aliphatic heterocycles. The lowest BCUT2D eigenvalue weighted by molar-refractivity contribution is 0.628. The Labute approximate surface area is 86.7 Å². The monoisotopic (exact) mass is 216 g/mol. The van der Waals surface area contributed by atoms with Crippen LogP contribution in [0, 0.1) is 17.7 Å². The maximum absolute atomic E-state index is 12.7. The summed E-state index contributed by atoms with van der Waals surface area (Å²) in [5.74, 6) is 5.74. The number of hydrogen-bond donors (Lipinski definition) is 0. The van der Waals surface area contributed by atoms with E-state index in [9.17, 15) is 4.39 Å². The van der Waals surface area contributed by atoms with Gasteiger partial charge in [0, 0.05) is 17.9 Å². The Kier molecular flexibility index (Phi) is 4.08. The van der Waals surface area contributed by atoms with Crippen LogP contribution in [0.1, 0.15) is 12.0 Å². The summed E-state index contributed by atoms with van der Waals surface area (Å²) in [6, 6.07) is 4.38. The summed E-state index contributed by atoms with van der Waals surface area (Å²) < 4.78 is 12.7. The highest BCUT2D eigenvalue weighted by Crippen LogP contribution is 2.15. The Bertz CT molecular complexity index is 350.